The predicted molar refractivity (Wildman–Crippen MR) is 94.9 cm³/mol. The zero-order valence-electron chi connectivity index (χ0n) is 15.6. The van der Waals surface area contributed by atoms with E-state index in [2.05, 4.69) is 6.92 Å². The lowest BCUT2D eigenvalue weighted by Gasteiger charge is -2.55. The first kappa shape index (κ1) is 14.9. The lowest BCUT2D eigenvalue weighted by Crippen LogP contribution is -2.54. The lowest BCUT2D eigenvalue weighted by molar-refractivity contribution is -0.172. The van der Waals surface area contributed by atoms with Crippen LogP contribution in [0.2, 0.25) is 0 Å². The summed E-state index contributed by atoms with van der Waals surface area (Å²) in [5.41, 5.74) is 3.40. The Kier molecular flexibility index (Phi) is 2.46. The standard InChI is InChI=1S/C23H28O3/c1-22-6-4-13-12-3-2-11(24)8-14(12)15-9-16(15)20(13)21(22)17-10-18(17)23(22)7-5-19(25)26-23/h13,15-18,20-21H,2-10H2,1H3/t13-,15-,16-,17+,18-,20+,21-,22+,23?/m1/s1. The number of esters is 1. The van der Waals surface area contributed by atoms with E-state index in [1.807, 2.05) is 0 Å². The number of ketones is 1. The largest absolute Gasteiger partial charge is 0.458 e. The van der Waals surface area contributed by atoms with Crippen LogP contribution in [0.15, 0.2) is 11.1 Å². The highest BCUT2D eigenvalue weighted by atomic mass is 16.6. The fraction of sp³-hybridized carbons (Fsp3) is 0.826. The smallest absolute Gasteiger partial charge is 0.306 e. The van der Waals surface area contributed by atoms with E-state index in [1.54, 1.807) is 11.1 Å². The number of Topliss-reactive ketones (excluding diaryl/α,β-unsaturated/α-hetero) is 1. The van der Waals surface area contributed by atoms with Crippen LogP contribution in [0, 0.1) is 46.8 Å². The highest BCUT2D eigenvalue weighted by Gasteiger charge is 2.79. The van der Waals surface area contributed by atoms with E-state index in [0.717, 1.165) is 61.2 Å². The fourth-order valence-electron chi connectivity index (χ4n) is 9.22. The minimum absolute atomic E-state index is 0.0587. The van der Waals surface area contributed by atoms with Gasteiger partial charge in [-0.05, 0) is 74.0 Å². The molecule has 0 radical (unpaired) electrons. The number of rotatable bonds is 0. The van der Waals surface area contributed by atoms with Gasteiger partial charge in [0, 0.05) is 30.6 Å². The third-order valence-electron chi connectivity index (χ3n) is 10.2. The van der Waals surface area contributed by atoms with Gasteiger partial charge >= 0.3 is 5.97 Å². The number of hydrogen-bond acceptors (Lipinski definition) is 3. The normalized spacial score (nSPS) is 58.6. The van der Waals surface area contributed by atoms with Gasteiger partial charge in [-0.25, -0.2) is 0 Å². The van der Waals surface area contributed by atoms with E-state index in [1.165, 1.54) is 25.7 Å². The van der Waals surface area contributed by atoms with Crippen LogP contribution in [0.5, 0.6) is 0 Å². The van der Waals surface area contributed by atoms with E-state index in [4.69, 9.17) is 4.74 Å². The Morgan fingerprint density at radius 3 is 2.65 bits per heavy atom. The molecule has 5 fully saturated rings. The van der Waals surface area contributed by atoms with Gasteiger partial charge in [0.2, 0.25) is 0 Å². The molecule has 7 rings (SSSR count). The van der Waals surface area contributed by atoms with Gasteiger partial charge in [-0.15, -0.1) is 0 Å². The van der Waals surface area contributed by atoms with Crippen molar-refractivity contribution in [3.63, 3.8) is 0 Å². The van der Waals surface area contributed by atoms with Crippen molar-refractivity contribution in [3.05, 3.63) is 11.1 Å². The average Bonchev–Trinajstić information content (AvgIpc) is 3.51. The number of carbonyl (C=O) groups is 2. The quantitative estimate of drug-likeness (QED) is 0.488. The number of allylic oxidation sites excluding steroid dienone is 2. The number of ether oxygens (including phenoxy) is 1. The second-order valence-electron chi connectivity index (χ2n) is 10.8. The van der Waals surface area contributed by atoms with Gasteiger partial charge in [-0.3, -0.25) is 9.59 Å². The number of hydrogen-bond donors (Lipinski definition) is 0. The molecule has 6 aliphatic carbocycles. The van der Waals surface area contributed by atoms with Crippen molar-refractivity contribution in [1.82, 2.24) is 0 Å². The SMILES string of the molecule is C[C@]12CC[C@@H]3C4=C(CC(=O)CC4)[C@H]4C[C@H]4[C@H]3[C@H]1[C@H]1C[C@H]1C21CCC(=O)O1. The van der Waals surface area contributed by atoms with Gasteiger partial charge in [0.25, 0.3) is 0 Å². The third-order valence-corrected chi connectivity index (χ3v) is 10.2. The molecule has 1 saturated heterocycles. The molecule has 0 aromatic carbocycles. The molecule has 0 aromatic rings. The Bertz CT molecular complexity index is 795. The van der Waals surface area contributed by atoms with Crippen LogP contribution in [0.4, 0.5) is 0 Å². The molecule has 0 N–H and O–H groups in total. The molecule has 138 valence electrons. The fourth-order valence-corrected chi connectivity index (χ4v) is 9.22. The van der Waals surface area contributed by atoms with Crippen molar-refractivity contribution in [2.24, 2.45) is 46.8 Å². The van der Waals surface area contributed by atoms with Gasteiger partial charge in [0.1, 0.15) is 11.4 Å². The maximum atomic E-state index is 12.1. The summed E-state index contributed by atoms with van der Waals surface area (Å²) in [4.78, 5) is 24.1. The Labute approximate surface area is 154 Å². The molecule has 1 spiro atoms. The topological polar surface area (TPSA) is 43.4 Å². The molecule has 0 bridgehead atoms. The van der Waals surface area contributed by atoms with Crippen molar-refractivity contribution in [2.75, 3.05) is 0 Å². The van der Waals surface area contributed by atoms with Crippen LogP contribution in [0.25, 0.3) is 0 Å². The summed E-state index contributed by atoms with van der Waals surface area (Å²) in [7, 11) is 0. The van der Waals surface area contributed by atoms with Crippen molar-refractivity contribution in [2.45, 2.75) is 70.3 Å². The molecule has 3 nitrogen and oxygen atoms in total. The molecule has 26 heavy (non-hydrogen) atoms. The van der Waals surface area contributed by atoms with Gasteiger partial charge in [0.05, 0.1) is 0 Å². The van der Waals surface area contributed by atoms with Gasteiger partial charge in [0.15, 0.2) is 0 Å². The average molecular weight is 352 g/mol. The Morgan fingerprint density at radius 1 is 0.962 bits per heavy atom. The van der Waals surface area contributed by atoms with E-state index in [-0.39, 0.29) is 17.0 Å². The number of carbonyl (C=O) groups excluding carboxylic acids is 2. The first-order valence-corrected chi connectivity index (χ1v) is 11.0. The molecular weight excluding hydrogens is 324 g/mol. The summed E-state index contributed by atoms with van der Waals surface area (Å²) in [6.07, 6.45) is 9.37. The minimum Gasteiger partial charge on any atom is -0.458 e. The zero-order chi connectivity index (χ0) is 17.4. The molecule has 0 aromatic heterocycles. The maximum Gasteiger partial charge on any atom is 0.306 e. The van der Waals surface area contributed by atoms with Crippen LogP contribution in [0.1, 0.15) is 64.7 Å². The van der Waals surface area contributed by atoms with Crippen LogP contribution in [-0.2, 0) is 14.3 Å². The number of fused-ring (bicyclic) bond motifs is 11. The summed E-state index contributed by atoms with van der Waals surface area (Å²) in [6, 6.07) is 0. The van der Waals surface area contributed by atoms with Gasteiger partial charge in [-0.2, -0.15) is 0 Å². The molecule has 1 aliphatic heterocycles. The molecule has 1 unspecified atom stereocenters. The second-order valence-corrected chi connectivity index (χ2v) is 10.8. The van der Waals surface area contributed by atoms with Crippen molar-refractivity contribution in [1.29, 1.82) is 0 Å². The van der Waals surface area contributed by atoms with Crippen molar-refractivity contribution >= 4 is 11.8 Å². The van der Waals surface area contributed by atoms with E-state index in [0.29, 0.717) is 18.1 Å². The Morgan fingerprint density at radius 2 is 1.85 bits per heavy atom. The van der Waals surface area contributed by atoms with Crippen molar-refractivity contribution < 1.29 is 14.3 Å². The predicted octanol–water partition coefficient (Wildman–Crippen LogP) is 4.06. The highest BCUT2D eigenvalue weighted by Crippen LogP contribution is 2.80. The van der Waals surface area contributed by atoms with E-state index in [9.17, 15) is 9.59 Å². The summed E-state index contributed by atoms with van der Waals surface area (Å²) in [5, 5.41) is 0. The monoisotopic (exact) mass is 352 g/mol. The summed E-state index contributed by atoms with van der Waals surface area (Å²) < 4.78 is 6.19. The Balaban J connectivity index is 1.32. The van der Waals surface area contributed by atoms with Crippen LogP contribution in [0.3, 0.4) is 0 Å². The van der Waals surface area contributed by atoms with Crippen LogP contribution < -0.4 is 0 Å². The first-order valence-electron chi connectivity index (χ1n) is 11.0. The van der Waals surface area contributed by atoms with Gasteiger partial charge in [-0.1, -0.05) is 18.1 Å². The molecule has 1 heterocycles. The molecule has 0 amide bonds. The first-order chi connectivity index (χ1) is 12.5. The molecule has 3 heteroatoms. The second kappa shape index (κ2) is 4.31. The summed E-state index contributed by atoms with van der Waals surface area (Å²) >= 11 is 0. The summed E-state index contributed by atoms with van der Waals surface area (Å²) in [6.45, 7) is 2.49. The summed E-state index contributed by atoms with van der Waals surface area (Å²) in [5.74, 6) is 5.90. The van der Waals surface area contributed by atoms with Crippen LogP contribution >= 0.6 is 0 Å². The molecule has 4 saturated carbocycles. The molecule has 9 atom stereocenters. The zero-order valence-corrected chi connectivity index (χ0v) is 15.6. The maximum absolute atomic E-state index is 12.1. The minimum atomic E-state index is -0.119. The third kappa shape index (κ3) is 1.49. The van der Waals surface area contributed by atoms with Crippen molar-refractivity contribution in [3.8, 4) is 0 Å². The lowest BCUT2D eigenvalue weighted by atomic mass is 9.50. The van der Waals surface area contributed by atoms with E-state index >= 15 is 0 Å². The van der Waals surface area contributed by atoms with E-state index < -0.39 is 0 Å². The van der Waals surface area contributed by atoms with Gasteiger partial charge < -0.3 is 4.74 Å². The highest BCUT2D eigenvalue weighted by molar-refractivity contribution is 5.83. The van der Waals surface area contributed by atoms with Crippen LogP contribution in [-0.4, -0.2) is 17.4 Å². The molecular formula is C23H28O3. The molecule has 7 aliphatic rings. The Hall–Kier alpha value is -1.12.